The molecule has 0 spiro atoms. The van der Waals surface area contributed by atoms with Crippen LogP contribution in [0.25, 0.3) is 0 Å². The molecule has 0 bridgehead atoms. The number of likely N-dealkylation sites (tertiary alicyclic amines) is 1. The molecule has 1 saturated heterocycles. The average molecular weight is 252 g/mol. The van der Waals surface area contributed by atoms with Crippen molar-refractivity contribution in [1.82, 2.24) is 4.90 Å². The molecule has 104 valence electrons. The van der Waals surface area contributed by atoms with Crippen LogP contribution in [-0.4, -0.2) is 28.9 Å². The van der Waals surface area contributed by atoms with Gasteiger partial charge in [0.1, 0.15) is 0 Å². The van der Waals surface area contributed by atoms with Crippen LogP contribution < -0.4 is 5.73 Å². The van der Waals surface area contributed by atoms with Gasteiger partial charge in [0, 0.05) is 24.5 Å². The predicted octanol–water partition coefficient (Wildman–Crippen LogP) is 2.54. The third kappa shape index (κ3) is 2.87. The van der Waals surface area contributed by atoms with E-state index in [1.165, 1.54) is 19.3 Å². The number of hydrogen-bond acceptors (Lipinski definition) is 2. The number of nitrogens with two attached hydrogens (primary N) is 1. The largest absolute Gasteiger partial charge is 0.339 e. The minimum atomic E-state index is -0.208. The number of carbonyl (C=O) groups excluding carboxylic acids is 1. The predicted molar refractivity (Wildman–Crippen MR) is 74.1 cm³/mol. The van der Waals surface area contributed by atoms with Gasteiger partial charge in [0.25, 0.3) is 0 Å². The number of rotatable bonds is 2. The number of hydrogen-bond donors (Lipinski definition) is 1. The van der Waals surface area contributed by atoms with Gasteiger partial charge in [-0.05, 0) is 38.0 Å². The molecule has 1 heterocycles. The molecule has 1 amide bonds. The summed E-state index contributed by atoms with van der Waals surface area (Å²) in [5.74, 6) is 1.51. The molecule has 1 aliphatic heterocycles. The Kier molecular flexibility index (Phi) is 4.00. The minimum Gasteiger partial charge on any atom is -0.339 e. The number of carbonyl (C=O) groups is 1. The monoisotopic (exact) mass is 252 g/mol. The van der Waals surface area contributed by atoms with Gasteiger partial charge >= 0.3 is 0 Å². The summed E-state index contributed by atoms with van der Waals surface area (Å²) in [7, 11) is 0. The van der Waals surface area contributed by atoms with Crippen LogP contribution in [-0.2, 0) is 4.79 Å². The van der Waals surface area contributed by atoms with E-state index in [9.17, 15) is 4.79 Å². The number of nitrogens with zero attached hydrogens (tertiary/aromatic N) is 1. The second kappa shape index (κ2) is 5.20. The molecule has 2 fully saturated rings. The van der Waals surface area contributed by atoms with Crippen LogP contribution in [0.15, 0.2) is 0 Å². The Morgan fingerprint density at radius 1 is 1.28 bits per heavy atom. The first-order chi connectivity index (χ1) is 8.41. The molecule has 1 saturated carbocycles. The molecule has 0 aromatic carbocycles. The lowest BCUT2D eigenvalue weighted by Crippen LogP contribution is -2.52. The maximum Gasteiger partial charge on any atom is 0.224 e. The maximum atomic E-state index is 12.5. The summed E-state index contributed by atoms with van der Waals surface area (Å²) in [6.07, 6.45) is 6.20. The maximum absolute atomic E-state index is 12.5. The van der Waals surface area contributed by atoms with E-state index in [2.05, 4.69) is 25.7 Å². The van der Waals surface area contributed by atoms with Gasteiger partial charge in [-0.3, -0.25) is 4.79 Å². The standard InChI is InChI=1S/C15H28N2O/c1-11-8-12(2)13(3)17(10-11)14(18)9-15(16)6-4-5-7-15/h11-13H,4-10,16H2,1-3H3. The van der Waals surface area contributed by atoms with Crippen LogP contribution in [0.1, 0.15) is 59.3 Å². The molecule has 0 radical (unpaired) electrons. The third-order valence-electron chi connectivity index (χ3n) is 5.02. The van der Waals surface area contributed by atoms with Gasteiger partial charge in [-0.2, -0.15) is 0 Å². The third-order valence-corrected chi connectivity index (χ3v) is 5.02. The molecule has 2 N–H and O–H groups in total. The highest BCUT2D eigenvalue weighted by Crippen LogP contribution is 2.33. The van der Waals surface area contributed by atoms with Crippen molar-refractivity contribution >= 4 is 5.91 Å². The smallest absolute Gasteiger partial charge is 0.224 e. The summed E-state index contributed by atoms with van der Waals surface area (Å²) in [5.41, 5.74) is 6.13. The van der Waals surface area contributed by atoms with Crippen molar-refractivity contribution in [2.24, 2.45) is 17.6 Å². The summed E-state index contributed by atoms with van der Waals surface area (Å²) >= 11 is 0. The van der Waals surface area contributed by atoms with Crippen molar-refractivity contribution < 1.29 is 4.79 Å². The quantitative estimate of drug-likeness (QED) is 0.821. The Balaban J connectivity index is 1.99. The van der Waals surface area contributed by atoms with Gasteiger partial charge in [-0.25, -0.2) is 0 Å². The Hall–Kier alpha value is -0.570. The zero-order valence-corrected chi connectivity index (χ0v) is 12.1. The Morgan fingerprint density at radius 3 is 2.50 bits per heavy atom. The summed E-state index contributed by atoms with van der Waals surface area (Å²) in [4.78, 5) is 14.6. The highest BCUT2D eigenvalue weighted by atomic mass is 16.2. The van der Waals surface area contributed by atoms with Crippen LogP contribution in [0.2, 0.25) is 0 Å². The first-order valence-corrected chi connectivity index (χ1v) is 7.50. The molecule has 2 rings (SSSR count). The van der Waals surface area contributed by atoms with E-state index in [0.717, 1.165) is 19.4 Å². The van der Waals surface area contributed by atoms with E-state index in [-0.39, 0.29) is 11.4 Å². The minimum absolute atomic E-state index is 0.208. The molecule has 3 nitrogen and oxygen atoms in total. The lowest BCUT2D eigenvalue weighted by Gasteiger charge is -2.42. The summed E-state index contributed by atoms with van der Waals surface area (Å²) in [6, 6.07) is 0.374. The zero-order chi connectivity index (χ0) is 13.3. The molecule has 3 heteroatoms. The van der Waals surface area contributed by atoms with Crippen LogP contribution in [0.5, 0.6) is 0 Å². The fourth-order valence-corrected chi connectivity index (χ4v) is 3.70. The second-order valence-corrected chi connectivity index (χ2v) is 6.85. The van der Waals surface area contributed by atoms with Gasteiger partial charge in [0.2, 0.25) is 5.91 Å². The first-order valence-electron chi connectivity index (χ1n) is 7.50. The van der Waals surface area contributed by atoms with E-state index in [0.29, 0.717) is 24.3 Å². The highest BCUT2D eigenvalue weighted by molar-refractivity contribution is 5.78. The van der Waals surface area contributed by atoms with Gasteiger partial charge in [-0.15, -0.1) is 0 Å². The number of amides is 1. The van der Waals surface area contributed by atoms with Crippen LogP contribution in [0.4, 0.5) is 0 Å². The summed E-state index contributed by atoms with van der Waals surface area (Å²) in [6.45, 7) is 7.61. The fraction of sp³-hybridized carbons (Fsp3) is 0.933. The van der Waals surface area contributed by atoms with Crippen LogP contribution >= 0.6 is 0 Å². The molecule has 3 unspecified atom stereocenters. The molecule has 3 atom stereocenters. The first kappa shape index (κ1) is 13.9. The van der Waals surface area contributed by atoms with Crippen molar-refractivity contribution in [3.05, 3.63) is 0 Å². The van der Waals surface area contributed by atoms with Crippen molar-refractivity contribution in [3.8, 4) is 0 Å². The second-order valence-electron chi connectivity index (χ2n) is 6.85. The molecule has 18 heavy (non-hydrogen) atoms. The molecule has 0 aromatic rings. The van der Waals surface area contributed by atoms with Gasteiger partial charge in [-0.1, -0.05) is 26.7 Å². The Labute approximate surface area is 111 Å². The average Bonchev–Trinajstić information content (AvgIpc) is 2.70. The lowest BCUT2D eigenvalue weighted by atomic mass is 9.85. The van der Waals surface area contributed by atoms with Crippen molar-refractivity contribution in [1.29, 1.82) is 0 Å². The van der Waals surface area contributed by atoms with Crippen molar-refractivity contribution in [3.63, 3.8) is 0 Å². The molecular weight excluding hydrogens is 224 g/mol. The van der Waals surface area contributed by atoms with E-state index in [4.69, 9.17) is 5.73 Å². The zero-order valence-electron chi connectivity index (χ0n) is 12.1. The van der Waals surface area contributed by atoms with Crippen LogP contribution in [0, 0.1) is 11.8 Å². The Morgan fingerprint density at radius 2 is 1.89 bits per heavy atom. The van der Waals surface area contributed by atoms with Crippen molar-refractivity contribution in [2.45, 2.75) is 70.9 Å². The summed E-state index contributed by atoms with van der Waals surface area (Å²) < 4.78 is 0. The topological polar surface area (TPSA) is 46.3 Å². The molecule has 2 aliphatic rings. The molecule has 1 aliphatic carbocycles. The number of piperidine rings is 1. The van der Waals surface area contributed by atoms with E-state index >= 15 is 0 Å². The van der Waals surface area contributed by atoms with Gasteiger partial charge in [0.15, 0.2) is 0 Å². The van der Waals surface area contributed by atoms with E-state index in [1.807, 2.05) is 0 Å². The van der Waals surface area contributed by atoms with E-state index < -0.39 is 0 Å². The summed E-state index contributed by atoms with van der Waals surface area (Å²) in [5, 5.41) is 0. The van der Waals surface area contributed by atoms with Gasteiger partial charge in [0.05, 0.1) is 0 Å². The van der Waals surface area contributed by atoms with Gasteiger partial charge < -0.3 is 10.6 Å². The van der Waals surface area contributed by atoms with E-state index in [1.54, 1.807) is 0 Å². The molecular formula is C15H28N2O. The van der Waals surface area contributed by atoms with Crippen molar-refractivity contribution in [2.75, 3.05) is 6.54 Å². The van der Waals surface area contributed by atoms with Crippen LogP contribution in [0.3, 0.4) is 0 Å². The highest BCUT2D eigenvalue weighted by Gasteiger charge is 2.37. The fourth-order valence-electron chi connectivity index (χ4n) is 3.70. The molecule has 0 aromatic heterocycles. The normalized spacial score (nSPS) is 35.8. The lowest BCUT2D eigenvalue weighted by molar-refractivity contribution is -0.138. The SMILES string of the molecule is CC1CC(C)C(C)N(C(=O)CC2(N)CCCC2)C1. The Bertz CT molecular complexity index is 310.